The minimum absolute atomic E-state index is 0.0872. The molecule has 0 spiro atoms. The van der Waals surface area contributed by atoms with Crippen molar-refractivity contribution in [2.45, 2.75) is 11.9 Å². The third kappa shape index (κ3) is 5.18. The number of benzene rings is 3. The summed E-state index contributed by atoms with van der Waals surface area (Å²) in [4.78, 5) is 26.9. The summed E-state index contributed by atoms with van der Waals surface area (Å²) >= 11 is 19.6. The average Bonchev–Trinajstić information content (AvgIpc) is 3.12. The third-order valence-electron chi connectivity index (χ3n) is 4.87. The standard InChI is InChI=1S/C23H17Cl3N2O2S/c24-17-7-1-14(2-8-17)12-28-21(29)13-31-23(28)16-5-3-15(4-6-16)22(30)27-20-10-9-18(25)11-19(20)26/h1-11,23H,12-13H2,(H,27,30)/t23-/m0/s1. The molecule has 3 aromatic rings. The Labute approximate surface area is 199 Å². The minimum atomic E-state index is -0.274. The van der Waals surface area contributed by atoms with Crippen molar-refractivity contribution < 1.29 is 9.59 Å². The van der Waals surface area contributed by atoms with Crippen molar-refractivity contribution in [3.8, 4) is 0 Å². The molecule has 31 heavy (non-hydrogen) atoms. The van der Waals surface area contributed by atoms with Crippen LogP contribution in [0, 0.1) is 0 Å². The fraction of sp³-hybridized carbons (Fsp3) is 0.130. The Morgan fingerprint density at radius 3 is 2.32 bits per heavy atom. The second-order valence-corrected chi connectivity index (χ2v) is 9.36. The Bertz CT molecular complexity index is 1120. The van der Waals surface area contributed by atoms with Crippen LogP contribution in [0.3, 0.4) is 0 Å². The normalized spacial score (nSPS) is 15.9. The van der Waals surface area contributed by atoms with E-state index in [9.17, 15) is 9.59 Å². The predicted octanol–water partition coefficient (Wildman–Crippen LogP) is 6.67. The molecule has 2 amide bonds. The van der Waals surface area contributed by atoms with Crippen molar-refractivity contribution in [2.75, 3.05) is 11.1 Å². The van der Waals surface area contributed by atoms with E-state index in [0.29, 0.717) is 38.6 Å². The molecular weight excluding hydrogens is 475 g/mol. The first-order valence-corrected chi connectivity index (χ1v) is 11.6. The van der Waals surface area contributed by atoms with Crippen molar-refractivity contribution in [1.29, 1.82) is 0 Å². The van der Waals surface area contributed by atoms with Crippen LogP contribution in [-0.2, 0) is 11.3 Å². The molecular formula is C23H17Cl3N2O2S. The van der Waals surface area contributed by atoms with Gasteiger partial charge in [0, 0.05) is 22.2 Å². The molecule has 1 N–H and O–H groups in total. The first-order valence-electron chi connectivity index (χ1n) is 9.42. The molecule has 1 heterocycles. The van der Waals surface area contributed by atoms with Crippen LogP contribution in [0.25, 0.3) is 0 Å². The Balaban J connectivity index is 1.48. The Hall–Kier alpha value is -2.18. The number of halogens is 3. The number of hydrogen-bond donors (Lipinski definition) is 1. The molecule has 0 aromatic heterocycles. The number of carbonyl (C=O) groups is 2. The lowest BCUT2D eigenvalue weighted by Crippen LogP contribution is -2.27. The summed E-state index contributed by atoms with van der Waals surface area (Å²) in [5.41, 5.74) is 2.96. The molecule has 0 radical (unpaired) electrons. The molecule has 0 saturated carbocycles. The van der Waals surface area contributed by atoms with Gasteiger partial charge in [-0.05, 0) is 53.6 Å². The third-order valence-corrected chi connectivity index (χ3v) is 6.93. The number of rotatable bonds is 5. The van der Waals surface area contributed by atoms with Crippen LogP contribution in [-0.4, -0.2) is 22.5 Å². The van der Waals surface area contributed by atoms with Crippen LogP contribution in [0.15, 0.2) is 66.7 Å². The molecule has 0 aliphatic carbocycles. The zero-order chi connectivity index (χ0) is 22.0. The van der Waals surface area contributed by atoms with E-state index < -0.39 is 0 Å². The maximum absolute atomic E-state index is 12.6. The lowest BCUT2D eigenvalue weighted by Gasteiger charge is -2.24. The topological polar surface area (TPSA) is 49.4 Å². The summed E-state index contributed by atoms with van der Waals surface area (Å²) < 4.78 is 0. The predicted molar refractivity (Wildman–Crippen MR) is 128 cm³/mol. The highest BCUT2D eigenvalue weighted by molar-refractivity contribution is 8.00. The maximum atomic E-state index is 12.6. The van der Waals surface area contributed by atoms with E-state index in [0.717, 1.165) is 11.1 Å². The zero-order valence-electron chi connectivity index (χ0n) is 16.1. The van der Waals surface area contributed by atoms with E-state index in [1.54, 1.807) is 42.1 Å². The van der Waals surface area contributed by atoms with Gasteiger partial charge in [-0.1, -0.05) is 59.1 Å². The average molecular weight is 492 g/mol. The highest BCUT2D eigenvalue weighted by Gasteiger charge is 2.32. The van der Waals surface area contributed by atoms with Crippen molar-refractivity contribution in [2.24, 2.45) is 0 Å². The summed E-state index contributed by atoms with van der Waals surface area (Å²) in [7, 11) is 0. The van der Waals surface area contributed by atoms with Crippen molar-refractivity contribution in [3.63, 3.8) is 0 Å². The first kappa shape index (κ1) is 22.0. The number of amides is 2. The maximum Gasteiger partial charge on any atom is 0.255 e. The number of carbonyl (C=O) groups excluding carboxylic acids is 2. The summed E-state index contributed by atoms with van der Waals surface area (Å²) in [6.45, 7) is 0.505. The Kier molecular flexibility index (Phi) is 6.77. The van der Waals surface area contributed by atoms with Gasteiger partial charge in [-0.15, -0.1) is 11.8 Å². The van der Waals surface area contributed by atoms with Crippen LogP contribution in [0.2, 0.25) is 15.1 Å². The van der Waals surface area contributed by atoms with Gasteiger partial charge >= 0.3 is 0 Å². The Morgan fingerprint density at radius 1 is 0.968 bits per heavy atom. The fourth-order valence-electron chi connectivity index (χ4n) is 3.27. The van der Waals surface area contributed by atoms with E-state index in [2.05, 4.69) is 5.32 Å². The second-order valence-electron chi connectivity index (χ2n) is 7.01. The summed E-state index contributed by atoms with van der Waals surface area (Å²) in [5, 5.41) is 4.21. The molecule has 8 heteroatoms. The smallest absolute Gasteiger partial charge is 0.255 e. The number of nitrogens with zero attached hydrogens (tertiary/aromatic N) is 1. The number of thioether (sulfide) groups is 1. The number of nitrogens with one attached hydrogen (secondary N) is 1. The lowest BCUT2D eigenvalue weighted by atomic mass is 10.1. The van der Waals surface area contributed by atoms with Gasteiger partial charge in [0.05, 0.1) is 16.5 Å². The quantitative estimate of drug-likeness (QED) is 0.433. The largest absolute Gasteiger partial charge is 0.322 e. The molecule has 1 fully saturated rings. The molecule has 158 valence electrons. The van der Waals surface area contributed by atoms with E-state index in [1.807, 2.05) is 41.3 Å². The molecule has 1 atom stereocenters. The van der Waals surface area contributed by atoms with Gasteiger partial charge in [-0.25, -0.2) is 0 Å². The van der Waals surface area contributed by atoms with Crippen LogP contribution >= 0.6 is 46.6 Å². The highest BCUT2D eigenvalue weighted by Crippen LogP contribution is 2.39. The molecule has 4 nitrogen and oxygen atoms in total. The summed E-state index contributed by atoms with van der Waals surface area (Å²) in [6.07, 6.45) is 0. The molecule has 0 bridgehead atoms. The van der Waals surface area contributed by atoms with Crippen LogP contribution in [0.5, 0.6) is 0 Å². The van der Waals surface area contributed by atoms with Crippen LogP contribution < -0.4 is 5.32 Å². The lowest BCUT2D eigenvalue weighted by molar-refractivity contribution is -0.128. The van der Waals surface area contributed by atoms with Gasteiger partial charge in [0.15, 0.2) is 0 Å². The summed E-state index contributed by atoms with van der Waals surface area (Å²) in [6, 6.07) is 19.6. The molecule has 1 aliphatic rings. The van der Waals surface area contributed by atoms with Crippen LogP contribution in [0.1, 0.15) is 26.9 Å². The molecule has 1 aliphatic heterocycles. The molecule has 4 rings (SSSR count). The van der Waals surface area contributed by atoms with Gasteiger partial charge < -0.3 is 10.2 Å². The molecule has 3 aromatic carbocycles. The van der Waals surface area contributed by atoms with E-state index in [-0.39, 0.29) is 17.2 Å². The van der Waals surface area contributed by atoms with E-state index in [1.165, 1.54) is 0 Å². The fourth-order valence-corrected chi connectivity index (χ4v) is 5.04. The number of anilines is 1. The van der Waals surface area contributed by atoms with Crippen molar-refractivity contribution in [3.05, 3.63) is 98.5 Å². The zero-order valence-corrected chi connectivity index (χ0v) is 19.2. The van der Waals surface area contributed by atoms with Gasteiger partial charge in [0.1, 0.15) is 5.37 Å². The first-order chi connectivity index (χ1) is 14.9. The Morgan fingerprint density at radius 2 is 1.65 bits per heavy atom. The van der Waals surface area contributed by atoms with Gasteiger partial charge in [0.25, 0.3) is 5.91 Å². The highest BCUT2D eigenvalue weighted by atomic mass is 35.5. The van der Waals surface area contributed by atoms with Crippen molar-refractivity contribution in [1.82, 2.24) is 4.90 Å². The molecule has 0 unspecified atom stereocenters. The molecule has 1 saturated heterocycles. The monoisotopic (exact) mass is 490 g/mol. The van der Waals surface area contributed by atoms with E-state index in [4.69, 9.17) is 34.8 Å². The van der Waals surface area contributed by atoms with Gasteiger partial charge in [0.2, 0.25) is 5.91 Å². The van der Waals surface area contributed by atoms with Gasteiger partial charge in [-0.3, -0.25) is 9.59 Å². The van der Waals surface area contributed by atoms with Crippen LogP contribution in [0.4, 0.5) is 5.69 Å². The van der Waals surface area contributed by atoms with Gasteiger partial charge in [-0.2, -0.15) is 0 Å². The number of hydrogen-bond acceptors (Lipinski definition) is 3. The second kappa shape index (κ2) is 9.53. The minimum Gasteiger partial charge on any atom is -0.322 e. The SMILES string of the molecule is O=C(Nc1ccc(Cl)cc1Cl)c1ccc([C@@H]2SCC(=O)N2Cc2ccc(Cl)cc2)cc1. The van der Waals surface area contributed by atoms with Crippen molar-refractivity contribution >= 4 is 64.1 Å². The van der Waals surface area contributed by atoms with E-state index >= 15 is 0 Å². The summed E-state index contributed by atoms with van der Waals surface area (Å²) in [5.74, 6) is 0.239.